The van der Waals surface area contributed by atoms with Crippen molar-refractivity contribution in [3.63, 3.8) is 0 Å². The van der Waals surface area contributed by atoms with Gasteiger partial charge in [0.15, 0.2) is 0 Å². The molecular formula is C30H35N5O4. The van der Waals surface area contributed by atoms with Gasteiger partial charge in [-0.15, -0.1) is 0 Å². The number of rotatable bonds is 9. The Morgan fingerprint density at radius 3 is 2.38 bits per heavy atom. The molecule has 1 fully saturated rings. The second-order valence-electron chi connectivity index (χ2n) is 10.0. The summed E-state index contributed by atoms with van der Waals surface area (Å²) in [5.74, 6) is -0.872. The summed E-state index contributed by atoms with van der Waals surface area (Å²) in [6.07, 6.45) is 4.90. The molecule has 4 rings (SSSR count). The van der Waals surface area contributed by atoms with Crippen molar-refractivity contribution in [3.05, 3.63) is 89.2 Å². The van der Waals surface area contributed by atoms with Crippen LogP contribution in [0.1, 0.15) is 35.1 Å². The zero-order valence-corrected chi connectivity index (χ0v) is 22.3. The highest BCUT2D eigenvalue weighted by molar-refractivity contribution is 5.99. The molecule has 3 aromatic rings. The van der Waals surface area contributed by atoms with Gasteiger partial charge in [0, 0.05) is 31.0 Å². The van der Waals surface area contributed by atoms with Crippen LogP contribution in [0.15, 0.2) is 67.0 Å². The molecular weight excluding hydrogens is 494 g/mol. The van der Waals surface area contributed by atoms with Crippen LogP contribution in [0.4, 0.5) is 5.69 Å². The first-order chi connectivity index (χ1) is 18.7. The zero-order chi connectivity index (χ0) is 27.9. The van der Waals surface area contributed by atoms with Crippen molar-refractivity contribution in [1.29, 1.82) is 0 Å². The molecule has 0 aliphatic carbocycles. The van der Waals surface area contributed by atoms with E-state index in [0.29, 0.717) is 37.9 Å². The molecule has 1 aliphatic rings. The van der Waals surface area contributed by atoms with E-state index in [-0.39, 0.29) is 23.5 Å². The second kappa shape index (κ2) is 12.5. The lowest BCUT2D eigenvalue weighted by molar-refractivity contribution is -0.140. The van der Waals surface area contributed by atoms with Crippen LogP contribution in [0, 0.1) is 13.8 Å². The van der Waals surface area contributed by atoms with Gasteiger partial charge in [0.25, 0.3) is 0 Å². The number of benzene rings is 2. The van der Waals surface area contributed by atoms with Gasteiger partial charge in [-0.25, -0.2) is 0 Å². The molecule has 1 aliphatic heterocycles. The summed E-state index contributed by atoms with van der Waals surface area (Å²) in [5, 5.41) is 15.6. The minimum atomic E-state index is -0.846. The summed E-state index contributed by atoms with van der Waals surface area (Å²) >= 11 is 0. The second-order valence-corrected chi connectivity index (χ2v) is 10.0. The highest BCUT2D eigenvalue weighted by Crippen LogP contribution is 2.24. The van der Waals surface area contributed by atoms with Gasteiger partial charge >= 0.3 is 0 Å². The van der Waals surface area contributed by atoms with Crippen LogP contribution >= 0.6 is 0 Å². The summed E-state index contributed by atoms with van der Waals surface area (Å²) < 4.78 is 0. The monoisotopic (exact) mass is 529 g/mol. The van der Waals surface area contributed by atoms with Crippen molar-refractivity contribution in [2.45, 2.75) is 57.7 Å². The number of nitrogens with zero attached hydrogens (tertiary/aromatic N) is 2. The molecule has 0 bridgehead atoms. The Balaban J connectivity index is 1.47. The van der Waals surface area contributed by atoms with E-state index in [1.807, 2.05) is 44.2 Å². The molecule has 9 heteroatoms. The molecule has 2 aromatic carbocycles. The van der Waals surface area contributed by atoms with Gasteiger partial charge in [-0.1, -0.05) is 30.3 Å². The molecule has 1 aromatic heterocycles. The van der Waals surface area contributed by atoms with E-state index < -0.39 is 18.1 Å². The maximum Gasteiger partial charge on any atom is 0.247 e. The highest BCUT2D eigenvalue weighted by Gasteiger charge is 2.37. The molecule has 5 N–H and O–H groups in total. The van der Waals surface area contributed by atoms with Crippen LogP contribution in [-0.4, -0.2) is 57.4 Å². The molecule has 0 spiro atoms. The van der Waals surface area contributed by atoms with Gasteiger partial charge in [0.2, 0.25) is 17.7 Å². The van der Waals surface area contributed by atoms with Gasteiger partial charge in [-0.3, -0.25) is 19.4 Å². The van der Waals surface area contributed by atoms with Gasteiger partial charge in [-0.2, -0.15) is 0 Å². The fraction of sp³-hybridized carbons (Fsp3) is 0.333. The lowest BCUT2D eigenvalue weighted by Crippen LogP contribution is -2.55. The number of nitrogens with two attached hydrogens (primary N) is 1. The number of hydrogen-bond donors (Lipinski definition) is 4. The Kier molecular flexibility index (Phi) is 8.93. The molecule has 9 nitrogen and oxygen atoms in total. The van der Waals surface area contributed by atoms with Crippen LogP contribution in [0.3, 0.4) is 0 Å². The van der Waals surface area contributed by atoms with Crippen molar-refractivity contribution < 1.29 is 19.5 Å². The van der Waals surface area contributed by atoms with Crippen molar-refractivity contribution in [1.82, 2.24) is 15.2 Å². The van der Waals surface area contributed by atoms with Gasteiger partial charge in [0.1, 0.15) is 17.8 Å². The standard InChI is InChI=1S/C30H35N5O4/c1-19-15-23(36)16-20(2)24(19)18-25(31)30(39)35-14-6-9-27(35)29(38)34-26(17-21-7-4-3-5-8-21)28(37)33-22-10-12-32-13-11-22/h3-5,7-8,10-13,15-16,25-27,36H,6,9,14,17-18,31H2,1-2H3,(H,34,38)(H,32,33,37)/t25-,26-,27-/m0/s1. The van der Waals surface area contributed by atoms with Crippen molar-refractivity contribution in [3.8, 4) is 5.75 Å². The first kappa shape index (κ1) is 27.8. The summed E-state index contributed by atoms with van der Waals surface area (Å²) in [5.41, 5.74) is 10.4. The number of pyridine rings is 1. The fourth-order valence-corrected chi connectivity index (χ4v) is 5.11. The Morgan fingerprint density at radius 1 is 1.05 bits per heavy atom. The predicted molar refractivity (Wildman–Crippen MR) is 149 cm³/mol. The number of aromatic hydroxyl groups is 1. The number of phenolic OH excluding ortho intramolecular Hbond substituents is 1. The Hall–Kier alpha value is -4.24. The molecule has 39 heavy (non-hydrogen) atoms. The van der Waals surface area contributed by atoms with E-state index >= 15 is 0 Å². The van der Waals surface area contributed by atoms with Crippen LogP contribution in [-0.2, 0) is 27.2 Å². The quantitative estimate of drug-likeness (QED) is 0.336. The lowest BCUT2D eigenvalue weighted by Gasteiger charge is -2.29. The Bertz CT molecular complexity index is 1290. The van der Waals surface area contributed by atoms with Gasteiger partial charge in [-0.05, 0) is 79.6 Å². The largest absolute Gasteiger partial charge is 0.508 e. The van der Waals surface area contributed by atoms with Crippen LogP contribution < -0.4 is 16.4 Å². The minimum Gasteiger partial charge on any atom is -0.508 e. The highest BCUT2D eigenvalue weighted by atomic mass is 16.3. The summed E-state index contributed by atoms with van der Waals surface area (Å²) in [6, 6.07) is 13.7. The van der Waals surface area contributed by atoms with E-state index in [1.54, 1.807) is 36.7 Å². The third kappa shape index (κ3) is 7.00. The van der Waals surface area contributed by atoms with Crippen molar-refractivity contribution >= 4 is 23.4 Å². The number of amides is 3. The normalized spacial score (nSPS) is 16.4. The number of nitrogens with one attached hydrogen (secondary N) is 2. The van der Waals surface area contributed by atoms with E-state index in [1.165, 1.54) is 4.90 Å². The summed E-state index contributed by atoms with van der Waals surface area (Å²) in [7, 11) is 0. The van der Waals surface area contributed by atoms with E-state index in [2.05, 4.69) is 15.6 Å². The first-order valence-electron chi connectivity index (χ1n) is 13.1. The molecule has 1 saturated heterocycles. The summed E-state index contributed by atoms with van der Waals surface area (Å²) in [4.78, 5) is 45.6. The van der Waals surface area contributed by atoms with E-state index in [0.717, 1.165) is 22.3 Å². The average Bonchev–Trinajstić information content (AvgIpc) is 3.41. The topological polar surface area (TPSA) is 138 Å². The smallest absolute Gasteiger partial charge is 0.247 e. The molecule has 204 valence electrons. The van der Waals surface area contributed by atoms with Crippen LogP contribution in [0.25, 0.3) is 0 Å². The third-order valence-corrected chi connectivity index (χ3v) is 7.12. The Morgan fingerprint density at radius 2 is 1.72 bits per heavy atom. The maximum atomic E-state index is 13.5. The maximum absolute atomic E-state index is 13.5. The minimum absolute atomic E-state index is 0.169. The molecule has 0 saturated carbocycles. The van der Waals surface area contributed by atoms with E-state index in [9.17, 15) is 19.5 Å². The number of likely N-dealkylation sites (tertiary alicyclic amines) is 1. The van der Waals surface area contributed by atoms with Crippen LogP contribution in [0.2, 0.25) is 0 Å². The number of carbonyl (C=O) groups is 3. The first-order valence-corrected chi connectivity index (χ1v) is 13.1. The number of hydrogen-bond acceptors (Lipinski definition) is 6. The SMILES string of the molecule is Cc1cc(O)cc(C)c1C[C@H](N)C(=O)N1CCC[C@H]1C(=O)N[C@@H](Cc1ccccc1)C(=O)Nc1ccncc1. The number of aryl methyl sites for hydroxylation is 2. The molecule has 2 heterocycles. The molecule has 3 amide bonds. The van der Waals surface area contributed by atoms with E-state index in [4.69, 9.17) is 5.73 Å². The van der Waals surface area contributed by atoms with Crippen molar-refractivity contribution in [2.75, 3.05) is 11.9 Å². The van der Waals surface area contributed by atoms with Gasteiger partial charge in [0.05, 0.1) is 6.04 Å². The molecule has 3 atom stereocenters. The summed E-state index contributed by atoms with van der Waals surface area (Å²) in [6.45, 7) is 4.16. The number of aromatic nitrogens is 1. The predicted octanol–water partition coefficient (Wildman–Crippen LogP) is 2.63. The lowest BCUT2D eigenvalue weighted by atomic mass is 9.95. The molecule has 0 unspecified atom stereocenters. The molecule has 0 radical (unpaired) electrons. The Labute approximate surface area is 228 Å². The number of phenols is 1. The van der Waals surface area contributed by atoms with Gasteiger partial charge < -0.3 is 26.4 Å². The van der Waals surface area contributed by atoms with Crippen LogP contribution in [0.5, 0.6) is 5.75 Å². The fourth-order valence-electron chi connectivity index (χ4n) is 5.11. The average molecular weight is 530 g/mol. The zero-order valence-electron chi connectivity index (χ0n) is 22.3. The third-order valence-electron chi connectivity index (χ3n) is 7.12. The number of anilines is 1. The number of carbonyl (C=O) groups excluding carboxylic acids is 3. The van der Waals surface area contributed by atoms with Crippen molar-refractivity contribution in [2.24, 2.45) is 5.73 Å².